The summed E-state index contributed by atoms with van der Waals surface area (Å²) in [6, 6.07) is 39.0. The summed E-state index contributed by atoms with van der Waals surface area (Å²) in [7, 11) is -1.61. The predicted molar refractivity (Wildman–Crippen MR) is 145 cm³/mol. The summed E-state index contributed by atoms with van der Waals surface area (Å²) in [4.78, 5) is 0. The molecule has 166 valence electrons. The number of hydrogen-bond acceptors (Lipinski definition) is 2. The third-order valence-electron chi connectivity index (χ3n) is 6.91. The van der Waals surface area contributed by atoms with E-state index in [4.69, 9.17) is 0 Å². The summed E-state index contributed by atoms with van der Waals surface area (Å²) in [5.41, 5.74) is 6.57. The smallest absolute Gasteiger partial charge is 0.423 e. The Labute approximate surface area is 202 Å². The summed E-state index contributed by atoms with van der Waals surface area (Å²) in [6.45, 7) is 0. The standard InChI is InChI=1S/C30H21BN2O2/c34-31(35)24-19-27-29(23-16-8-9-17-25(23)32(27)20-11-3-1-4-12-20)30-28(24)22-15-7-10-18-26(22)33(30)21-13-5-2-6-14-21/h1-19,34-35H. The minimum absolute atomic E-state index is 0.498. The molecule has 0 spiro atoms. The number of para-hydroxylation sites is 4. The van der Waals surface area contributed by atoms with E-state index in [0.29, 0.717) is 5.46 Å². The molecule has 0 aliphatic rings. The summed E-state index contributed by atoms with van der Waals surface area (Å²) >= 11 is 0. The minimum Gasteiger partial charge on any atom is -0.423 e. The third kappa shape index (κ3) is 2.83. The Morgan fingerprint density at radius 1 is 0.486 bits per heavy atom. The Morgan fingerprint density at radius 3 is 1.57 bits per heavy atom. The maximum absolute atomic E-state index is 10.6. The van der Waals surface area contributed by atoms with Crippen molar-refractivity contribution < 1.29 is 10.0 Å². The molecule has 2 N–H and O–H groups in total. The van der Waals surface area contributed by atoms with Crippen molar-refractivity contribution in [1.82, 2.24) is 9.13 Å². The first-order valence-electron chi connectivity index (χ1n) is 11.7. The highest BCUT2D eigenvalue weighted by Crippen LogP contribution is 2.41. The molecule has 0 bridgehead atoms. The van der Waals surface area contributed by atoms with E-state index in [1.807, 2.05) is 60.7 Å². The lowest BCUT2D eigenvalue weighted by molar-refractivity contribution is 0.426. The van der Waals surface area contributed by atoms with E-state index >= 15 is 0 Å². The summed E-state index contributed by atoms with van der Waals surface area (Å²) < 4.78 is 4.46. The molecule has 35 heavy (non-hydrogen) atoms. The van der Waals surface area contributed by atoms with Gasteiger partial charge in [-0.25, -0.2) is 0 Å². The van der Waals surface area contributed by atoms with Crippen LogP contribution < -0.4 is 5.46 Å². The molecule has 0 saturated carbocycles. The molecule has 0 unspecified atom stereocenters. The zero-order valence-electron chi connectivity index (χ0n) is 18.8. The molecule has 0 radical (unpaired) electrons. The van der Waals surface area contributed by atoms with Gasteiger partial charge in [0.25, 0.3) is 0 Å². The first-order valence-corrected chi connectivity index (χ1v) is 11.7. The normalized spacial score (nSPS) is 11.7. The van der Waals surface area contributed by atoms with Gasteiger partial charge in [0.15, 0.2) is 0 Å². The average Bonchev–Trinajstić information content (AvgIpc) is 3.42. The van der Waals surface area contributed by atoms with Gasteiger partial charge in [-0.1, -0.05) is 72.8 Å². The van der Waals surface area contributed by atoms with Gasteiger partial charge in [-0.3, -0.25) is 0 Å². The van der Waals surface area contributed by atoms with Gasteiger partial charge in [0.2, 0.25) is 0 Å². The quantitative estimate of drug-likeness (QED) is 0.345. The van der Waals surface area contributed by atoms with Crippen LogP contribution in [0.2, 0.25) is 0 Å². The van der Waals surface area contributed by atoms with Crippen molar-refractivity contribution in [3.63, 3.8) is 0 Å². The summed E-state index contributed by atoms with van der Waals surface area (Å²) in [5, 5.41) is 25.3. The van der Waals surface area contributed by atoms with E-state index in [9.17, 15) is 10.0 Å². The molecule has 7 aromatic rings. The van der Waals surface area contributed by atoms with E-state index in [1.54, 1.807) is 0 Å². The van der Waals surface area contributed by atoms with E-state index in [2.05, 4.69) is 63.7 Å². The second kappa shape index (κ2) is 7.60. The lowest BCUT2D eigenvalue weighted by Gasteiger charge is -2.12. The number of hydrogen-bond donors (Lipinski definition) is 2. The van der Waals surface area contributed by atoms with E-state index in [-0.39, 0.29) is 0 Å². The Hall–Kier alpha value is -4.32. The van der Waals surface area contributed by atoms with E-state index in [1.165, 1.54) is 0 Å². The molecule has 0 saturated heterocycles. The highest BCUT2D eigenvalue weighted by Gasteiger charge is 2.26. The minimum atomic E-state index is -1.61. The van der Waals surface area contributed by atoms with Crippen molar-refractivity contribution >= 4 is 56.2 Å². The van der Waals surface area contributed by atoms with Crippen LogP contribution in [-0.4, -0.2) is 26.3 Å². The van der Waals surface area contributed by atoms with Crippen molar-refractivity contribution in [2.75, 3.05) is 0 Å². The van der Waals surface area contributed by atoms with Crippen molar-refractivity contribution in [3.8, 4) is 11.4 Å². The lowest BCUT2D eigenvalue weighted by Crippen LogP contribution is -2.30. The molecular weight excluding hydrogens is 431 g/mol. The molecule has 7 rings (SSSR count). The van der Waals surface area contributed by atoms with Gasteiger partial charge < -0.3 is 19.2 Å². The largest absolute Gasteiger partial charge is 0.489 e. The first-order chi connectivity index (χ1) is 17.2. The van der Waals surface area contributed by atoms with Crippen molar-refractivity contribution in [2.45, 2.75) is 0 Å². The number of aromatic nitrogens is 2. The van der Waals surface area contributed by atoms with Crippen LogP contribution in [0.4, 0.5) is 0 Å². The number of rotatable bonds is 3. The Balaban J connectivity index is 1.82. The van der Waals surface area contributed by atoms with Crippen LogP contribution in [0.5, 0.6) is 0 Å². The summed E-state index contributed by atoms with van der Waals surface area (Å²) in [6.07, 6.45) is 0. The SMILES string of the molecule is OB(O)c1cc2c(c3ccccc3n2-c2ccccc2)c2c1c1ccccc1n2-c1ccccc1. The van der Waals surface area contributed by atoms with Crippen LogP contribution in [0.3, 0.4) is 0 Å². The highest BCUT2D eigenvalue weighted by atomic mass is 16.4. The van der Waals surface area contributed by atoms with Crippen LogP contribution in [0, 0.1) is 0 Å². The Bertz CT molecular complexity index is 1870. The van der Waals surface area contributed by atoms with E-state index in [0.717, 1.165) is 55.0 Å². The first kappa shape index (κ1) is 20.1. The van der Waals surface area contributed by atoms with Gasteiger partial charge in [0, 0.05) is 32.9 Å². The van der Waals surface area contributed by atoms with Gasteiger partial charge >= 0.3 is 7.12 Å². The highest BCUT2D eigenvalue weighted by molar-refractivity contribution is 6.64. The second-order valence-electron chi connectivity index (χ2n) is 8.83. The maximum atomic E-state index is 10.6. The van der Waals surface area contributed by atoms with Crippen LogP contribution >= 0.6 is 0 Å². The zero-order chi connectivity index (χ0) is 23.5. The average molecular weight is 452 g/mol. The van der Waals surface area contributed by atoms with Crippen molar-refractivity contribution in [3.05, 3.63) is 115 Å². The van der Waals surface area contributed by atoms with Crippen LogP contribution in [0.25, 0.3) is 55.0 Å². The van der Waals surface area contributed by atoms with Crippen LogP contribution in [-0.2, 0) is 0 Å². The zero-order valence-corrected chi connectivity index (χ0v) is 18.8. The molecule has 5 aromatic carbocycles. The molecule has 2 aromatic heterocycles. The molecule has 0 aliphatic heterocycles. The van der Waals surface area contributed by atoms with Crippen LogP contribution in [0.1, 0.15) is 0 Å². The van der Waals surface area contributed by atoms with Gasteiger partial charge in [-0.05, 0) is 47.9 Å². The molecule has 2 heterocycles. The van der Waals surface area contributed by atoms with Gasteiger partial charge in [-0.15, -0.1) is 0 Å². The van der Waals surface area contributed by atoms with Crippen molar-refractivity contribution in [2.24, 2.45) is 0 Å². The van der Waals surface area contributed by atoms with Gasteiger partial charge in [-0.2, -0.15) is 0 Å². The molecule has 4 nitrogen and oxygen atoms in total. The molecular formula is C30H21BN2O2. The number of fused-ring (bicyclic) bond motifs is 7. The third-order valence-corrected chi connectivity index (χ3v) is 6.91. The Morgan fingerprint density at radius 2 is 0.971 bits per heavy atom. The van der Waals surface area contributed by atoms with Gasteiger partial charge in [0.1, 0.15) is 0 Å². The summed E-state index contributed by atoms with van der Waals surface area (Å²) in [5.74, 6) is 0. The van der Waals surface area contributed by atoms with Crippen LogP contribution in [0.15, 0.2) is 115 Å². The fourth-order valence-corrected chi connectivity index (χ4v) is 5.54. The maximum Gasteiger partial charge on any atom is 0.489 e. The topological polar surface area (TPSA) is 50.3 Å². The molecule has 0 atom stereocenters. The fourth-order valence-electron chi connectivity index (χ4n) is 5.54. The van der Waals surface area contributed by atoms with E-state index < -0.39 is 7.12 Å². The number of nitrogens with zero attached hydrogens (tertiary/aromatic N) is 2. The monoisotopic (exact) mass is 452 g/mol. The molecule has 5 heteroatoms. The molecule has 0 fully saturated rings. The molecule has 0 amide bonds. The fraction of sp³-hybridized carbons (Fsp3) is 0. The Kier molecular flexibility index (Phi) is 4.36. The predicted octanol–water partition coefficient (Wildman–Crippen LogP) is 5.56. The van der Waals surface area contributed by atoms with Gasteiger partial charge in [0.05, 0.1) is 22.1 Å². The van der Waals surface area contributed by atoms with Crippen molar-refractivity contribution in [1.29, 1.82) is 0 Å². The lowest BCUT2D eigenvalue weighted by atomic mass is 9.77. The second-order valence-corrected chi connectivity index (χ2v) is 8.83. The number of benzene rings is 5. The molecule has 0 aliphatic carbocycles.